The van der Waals surface area contributed by atoms with Gasteiger partial charge in [-0.05, 0) is 43.3 Å². The van der Waals surface area contributed by atoms with Crippen molar-refractivity contribution in [3.63, 3.8) is 0 Å². The Kier molecular flexibility index (Phi) is 5.15. The number of amides is 1. The fourth-order valence-electron chi connectivity index (χ4n) is 2.19. The first-order chi connectivity index (χ1) is 11.0. The molecule has 0 saturated heterocycles. The Balaban J connectivity index is 2.28. The van der Waals surface area contributed by atoms with E-state index in [-0.39, 0.29) is 5.57 Å². The highest BCUT2D eigenvalue weighted by Crippen LogP contribution is 2.22. The Bertz CT molecular complexity index is 744. The summed E-state index contributed by atoms with van der Waals surface area (Å²) in [5.74, 6) is 0.833. The van der Waals surface area contributed by atoms with E-state index in [1.165, 1.54) is 0 Å². The van der Waals surface area contributed by atoms with Crippen LogP contribution in [-0.2, 0) is 4.79 Å². The van der Waals surface area contributed by atoms with Crippen LogP contribution in [0.3, 0.4) is 0 Å². The van der Waals surface area contributed by atoms with Gasteiger partial charge in [-0.25, -0.2) is 0 Å². The maximum absolute atomic E-state index is 11.6. The molecule has 0 radical (unpaired) electrons. The number of para-hydroxylation sites is 1. The predicted octanol–water partition coefficient (Wildman–Crippen LogP) is 2.62. The summed E-state index contributed by atoms with van der Waals surface area (Å²) < 4.78 is 5.73. The minimum Gasteiger partial charge on any atom is -0.457 e. The van der Waals surface area contributed by atoms with Crippen molar-refractivity contribution in [1.82, 2.24) is 0 Å². The smallest absolute Gasteiger partial charge is 0.252 e. The third kappa shape index (κ3) is 3.97. The molecular weight excluding hydrogens is 290 g/mol. The van der Waals surface area contributed by atoms with E-state index < -0.39 is 5.91 Å². The lowest BCUT2D eigenvalue weighted by molar-refractivity contribution is -0.114. The van der Waals surface area contributed by atoms with E-state index in [0.29, 0.717) is 17.2 Å². The standard InChI is InChI=1S/C18H19N3O2/c1-12(19)16(18(20)22)17(21-2)13-8-10-15(11-9-13)23-14-6-4-3-5-7-14/h3-11H,19H2,1-2H3,(H2,20,22)/b16-12-,21-17-. The van der Waals surface area contributed by atoms with Crippen LogP contribution in [-0.4, -0.2) is 18.7 Å². The van der Waals surface area contributed by atoms with E-state index in [0.717, 1.165) is 11.3 Å². The maximum atomic E-state index is 11.6. The quantitative estimate of drug-likeness (QED) is 0.657. The van der Waals surface area contributed by atoms with Crippen LogP contribution in [0.1, 0.15) is 12.5 Å². The van der Waals surface area contributed by atoms with E-state index in [4.69, 9.17) is 16.2 Å². The largest absolute Gasteiger partial charge is 0.457 e. The van der Waals surface area contributed by atoms with E-state index in [1.54, 1.807) is 26.1 Å². The van der Waals surface area contributed by atoms with Gasteiger partial charge in [0.25, 0.3) is 5.91 Å². The summed E-state index contributed by atoms with van der Waals surface area (Å²) in [7, 11) is 1.59. The molecule has 0 aliphatic carbocycles. The summed E-state index contributed by atoms with van der Waals surface area (Å²) in [5.41, 5.74) is 12.9. The van der Waals surface area contributed by atoms with E-state index in [9.17, 15) is 4.79 Å². The van der Waals surface area contributed by atoms with Crippen molar-refractivity contribution >= 4 is 11.6 Å². The molecule has 2 aromatic rings. The average molecular weight is 309 g/mol. The number of carbonyl (C=O) groups excluding carboxylic acids is 1. The molecule has 0 atom stereocenters. The van der Waals surface area contributed by atoms with Gasteiger partial charge in [0.05, 0.1) is 11.3 Å². The number of benzene rings is 2. The molecule has 0 aliphatic rings. The number of carbonyl (C=O) groups is 1. The summed E-state index contributed by atoms with van der Waals surface area (Å²) in [6.07, 6.45) is 0. The van der Waals surface area contributed by atoms with Gasteiger partial charge in [-0.1, -0.05) is 18.2 Å². The Morgan fingerprint density at radius 3 is 2.00 bits per heavy atom. The van der Waals surface area contributed by atoms with Crippen LogP contribution in [0.15, 0.2) is 70.9 Å². The van der Waals surface area contributed by atoms with Crippen molar-refractivity contribution in [1.29, 1.82) is 0 Å². The van der Waals surface area contributed by atoms with Crippen molar-refractivity contribution in [2.75, 3.05) is 7.05 Å². The molecule has 4 N–H and O–H groups in total. The number of allylic oxidation sites excluding steroid dienone is 1. The van der Waals surface area contributed by atoms with Crippen molar-refractivity contribution in [2.45, 2.75) is 6.92 Å². The van der Waals surface area contributed by atoms with Crippen LogP contribution in [0.2, 0.25) is 0 Å². The van der Waals surface area contributed by atoms with Crippen LogP contribution >= 0.6 is 0 Å². The SMILES string of the molecule is C/N=C(\C(C(N)=O)=C(/C)N)c1ccc(Oc2ccccc2)cc1. The van der Waals surface area contributed by atoms with Gasteiger partial charge in [-0.3, -0.25) is 9.79 Å². The lowest BCUT2D eigenvalue weighted by Crippen LogP contribution is -2.25. The van der Waals surface area contributed by atoms with Gasteiger partial charge < -0.3 is 16.2 Å². The molecule has 1 amide bonds. The maximum Gasteiger partial charge on any atom is 0.252 e. The van der Waals surface area contributed by atoms with E-state index in [2.05, 4.69) is 4.99 Å². The van der Waals surface area contributed by atoms with Crippen molar-refractivity contribution < 1.29 is 9.53 Å². The Morgan fingerprint density at radius 1 is 0.957 bits per heavy atom. The fraction of sp³-hybridized carbons (Fsp3) is 0.111. The zero-order valence-corrected chi connectivity index (χ0v) is 13.1. The van der Waals surface area contributed by atoms with E-state index in [1.807, 2.05) is 42.5 Å². The normalized spacial score (nSPS) is 12.5. The molecule has 5 nitrogen and oxygen atoms in total. The van der Waals surface area contributed by atoms with Gasteiger partial charge in [0.1, 0.15) is 11.5 Å². The van der Waals surface area contributed by atoms with Gasteiger partial charge in [0.2, 0.25) is 0 Å². The summed E-state index contributed by atoms with van der Waals surface area (Å²) >= 11 is 0. The van der Waals surface area contributed by atoms with Crippen molar-refractivity contribution in [3.05, 3.63) is 71.4 Å². The zero-order valence-electron chi connectivity index (χ0n) is 13.1. The number of aliphatic imine (C=N–C) groups is 1. The monoisotopic (exact) mass is 309 g/mol. The van der Waals surface area contributed by atoms with Crippen molar-refractivity contribution in [2.24, 2.45) is 16.5 Å². The zero-order chi connectivity index (χ0) is 16.8. The average Bonchev–Trinajstić information content (AvgIpc) is 2.53. The second-order valence-corrected chi connectivity index (χ2v) is 4.93. The Morgan fingerprint density at radius 2 is 1.52 bits per heavy atom. The Hall–Kier alpha value is -3.08. The molecule has 5 heteroatoms. The lowest BCUT2D eigenvalue weighted by Gasteiger charge is -2.11. The topological polar surface area (TPSA) is 90.7 Å². The molecule has 0 bridgehead atoms. The first-order valence-corrected chi connectivity index (χ1v) is 7.09. The molecule has 23 heavy (non-hydrogen) atoms. The molecule has 0 aromatic heterocycles. The van der Waals surface area contributed by atoms with Gasteiger partial charge in [0.15, 0.2) is 0 Å². The minimum absolute atomic E-state index is 0.226. The number of nitrogens with two attached hydrogens (primary N) is 2. The number of hydrogen-bond donors (Lipinski definition) is 2. The van der Waals surface area contributed by atoms with Crippen LogP contribution < -0.4 is 16.2 Å². The molecule has 2 aromatic carbocycles. The number of hydrogen-bond acceptors (Lipinski definition) is 4. The number of ether oxygens (including phenoxy) is 1. The highest BCUT2D eigenvalue weighted by Gasteiger charge is 2.17. The van der Waals surface area contributed by atoms with Crippen LogP contribution in [0, 0.1) is 0 Å². The molecule has 0 unspecified atom stereocenters. The first kappa shape index (κ1) is 16.3. The minimum atomic E-state index is -0.602. The molecule has 0 fully saturated rings. The fourth-order valence-corrected chi connectivity index (χ4v) is 2.19. The van der Waals surface area contributed by atoms with Gasteiger partial charge in [-0.15, -0.1) is 0 Å². The third-order valence-corrected chi connectivity index (χ3v) is 3.21. The molecular formula is C18H19N3O2. The molecule has 0 spiro atoms. The van der Waals surface area contributed by atoms with Crippen LogP contribution in [0.4, 0.5) is 0 Å². The van der Waals surface area contributed by atoms with E-state index >= 15 is 0 Å². The first-order valence-electron chi connectivity index (χ1n) is 7.09. The number of rotatable bonds is 5. The van der Waals surface area contributed by atoms with Crippen molar-refractivity contribution in [3.8, 4) is 11.5 Å². The van der Waals surface area contributed by atoms with Crippen LogP contribution in [0.5, 0.6) is 11.5 Å². The molecule has 118 valence electrons. The van der Waals surface area contributed by atoms with Crippen LogP contribution in [0.25, 0.3) is 0 Å². The second kappa shape index (κ2) is 7.26. The molecule has 0 heterocycles. The molecule has 2 rings (SSSR count). The van der Waals surface area contributed by atoms with Gasteiger partial charge in [0, 0.05) is 18.3 Å². The number of nitrogens with zero attached hydrogens (tertiary/aromatic N) is 1. The lowest BCUT2D eigenvalue weighted by atomic mass is 10.00. The predicted molar refractivity (Wildman–Crippen MR) is 91.5 cm³/mol. The second-order valence-electron chi connectivity index (χ2n) is 4.93. The summed E-state index contributed by atoms with van der Waals surface area (Å²) in [5, 5.41) is 0. The highest BCUT2D eigenvalue weighted by molar-refractivity contribution is 6.28. The highest BCUT2D eigenvalue weighted by atomic mass is 16.5. The number of primary amides is 1. The van der Waals surface area contributed by atoms with Gasteiger partial charge >= 0.3 is 0 Å². The third-order valence-electron chi connectivity index (χ3n) is 3.21. The molecule has 0 saturated carbocycles. The summed E-state index contributed by atoms with van der Waals surface area (Å²) in [4.78, 5) is 15.8. The summed E-state index contributed by atoms with van der Waals surface area (Å²) in [6.45, 7) is 1.62. The molecule has 0 aliphatic heterocycles. The summed E-state index contributed by atoms with van der Waals surface area (Å²) in [6, 6.07) is 16.7. The van der Waals surface area contributed by atoms with Gasteiger partial charge in [-0.2, -0.15) is 0 Å². The Labute approximate surface area is 135 Å².